The summed E-state index contributed by atoms with van der Waals surface area (Å²) in [6, 6.07) is 0. The van der Waals surface area contributed by atoms with Gasteiger partial charge in [-0.25, -0.2) is 0 Å². The van der Waals surface area contributed by atoms with Gasteiger partial charge in [0.2, 0.25) is 0 Å². The van der Waals surface area contributed by atoms with Crippen LogP contribution in [0.2, 0.25) is 0 Å². The fourth-order valence-corrected chi connectivity index (χ4v) is 9.20. The highest BCUT2D eigenvalue weighted by Gasteiger charge is 2.74. The van der Waals surface area contributed by atoms with E-state index in [4.69, 9.17) is 0 Å². The molecule has 0 unspecified atom stereocenters. The van der Waals surface area contributed by atoms with Gasteiger partial charge in [-0.05, 0) is 67.6 Å². The largest absolute Gasteiger partial charge is 0.393 e. The van der Waals surface area contributed by atoms with Gasteiger partial charge in [-0.15, -0.1) is 0 Å². The van der Waals surface area contributed by atoms with Crippen molar-refractivity contribution in [1.82, 2.24) is 0 Å². The third-order valence-corrected chi connectivity index (χ3v) is 11.4. The van der Waals surface area contributed by atoms with Crippen molar-refractivity contribution in [3.63, 3.8) is 0 Å². The maximum atomic E-state index is 14.4. The first-order valence-electron chi connectivity index (χ1n) is 13.8. The van der Waals surface area contributed by atoms with Gasteiger partial charge in [-0.3, -0.25) is 9.59 Å². The predicted octanol–water partition coefficient (Wildman–Crippen LogP) is 5.02. The Bertz CT molecular complexity index is 1010. The van der Waals surface area contributed by atoms with Crippen molar-refractivity contribution in [2.75, 3.05) is 0 Å². The van der Waals surface area contributed by atoms with Crippen molar-refractivity contribution >= 4 is 11.6 Å². The van der Waals surface area contributed by atoms with Crippen molar-refractivity contribution < 1.29 is 24.9 Å². The first-order chi connectivity index (χ1) is 16.3. The van der Waals surface area contributed by atoms with Crippen LogP contribution in [0.5, 0.6) is 0 Å². The Labute approximate surface area is 217 Å². The summed E-state index contributed by atoms with van der Waals surface area (Å²) in [6.45, 7) is 18.4. The van der Waals surface area contributed by atoms with E-state index in [2.05, 4.69) is 54.5 Å². The van der Waals surface area contributed by atoms with Crippen LogP contribution in [-0.4, -0.2) is 45.2 Å². The first kappa shape index (κ1) is 27.7. The zero-order chi connectivity index (χ0) is 27.3. The lowest BCUT2D eigenvalue weighted by atomic mass is 9.35. The van der Waals surface area contributed by atoms with Crippen molar-refractivity contribution in [2.24, 2.45) is 44.3 Å². The zero-order valence-corrected chi connectivity index (χ0v) is 23.8. The van der Waals surface area contributed by atoms with Gasteiger partial charge >= 0.3 is 0 Å². The zero-order valence-electron chi connectivity index (χ0n) is 23.8. The molecule has 0 spiro atoms. The minimum atomic E-state index is -1.07. The molecule has 5 heteroatoms. The van der Waals surface area contributed by atoms with E-state index in [-0.39, 0.29) is 41.7 Å². The number of Topliss-reactive ketones (excluding diaryl/α,β-unsaturated/α-hetero) is 2. The molecule has 0 aliphatic heterocycles. The molecule has 4 aliphatic rings. The normalized spacial score (nSPS) is 43.6. The molecular formula is C31H48O5. The molecule has 4 aliphatic carbocycles. The number of aliphatic hydroxyl groups excluding tert-OH is 3. The van der Waals surface area contributed by atoms with Gasteiger partial charge in [-0.1, -0.05) is 72.3 Å². The molecule has 36 heavy (non-hydrogen) atoms. The number of ketones is 2. The number of aliphatic hydroxyl groups is 3. The van der Waals surface area contributed by atoms with E-state index in [0.717, 1.165) is 5.57 Å². The molecule has 3 saturated carbocycles. The molecule has 202 valence electrons. The molecule has 0 aromatic carbocycles. The minimum Gasteiger partial charge on any atom is -0.393 e. The Balaban J connectivity index is 1.85. The lowest BCUT2D eigenvalue weighted by molar-refractivity contribution is -0.197. The maximum absolute atomic E-state index is 14.4. The second kappa shape index (κ2) is 8.10. The fourth-order valence-electron chi connectivity index (χ4n) is 9.20. The molecule has 3 N–H and O–H groups in total. The smallest absolute Gasteiger partial charge is 0.170 e. The van der Waals surface area contributed by atoms with Crippen LogP contribution >= 0.6 is 0 Å². The van der Waals surface area contributed by atoms with Gasteiger partial charge in [-0.2, -0.15) is 0 Å². The number of allylic oxidation sites excluding steroid dienone is 3. The van der Waals surface area contributed by atoms with Crippen molar-refractivity contribution in [3.05, 3.63) is 23.8 Å². The van der Waals surface area contributed by atoms with Crippen LogP contribution in [0.15, 0.2) is 23.8 Å². The Morgan fingerprint density at radius 3 is 2.22 bits per heavy atom. The number of rotatable bonds is 3. The molecule has 0 aromatic heterocycles. The number of carbonyl (C=O) groups excluding carboxylic acids is 2. The Hall–Kier alpha value is -1.30. The van der Waals surface area contributed by atoms with Crippen LogP contribution in [0.1, 0.15) is 94.4 Å². The summed E-state index contributed by atoms with van der Waals surface area (Å²) in [5, 5.41) is 33.4. The highest BCUT2D eigenvalue weighted by atomic mass is 16.3. The van der Waals surface area contributed by atoms with E-state index in [1.165, 1.54) is 0 Å². The molecule has 0 heterocycles. The molecule has 0 aromatic rings. The van der Waals surface area contributed by atoms with Gasteiger partial charge in [0.15, 0.2) is 5.78 Å². The maximum Gasteiger partial charge on any atom is 0.170 e. The summed E-state index contributed by atoms with van der Waals surface area (Å²) >= 11 is 0. The van der Waals surface area contributed by atoms with E-state index in [9.17, 15) is 24.9 Å². The molecule has 0 radical (unpaired) electrons. The van der Waals surface area contributed by atoms with Gasteiger partial charge in [0.1, 0.15) is 11.9 Å². The van der Waals surface area contributed by atoms with Crippen LogP contribution in [0, 0.1) is 44.3 Å². The summed E-state index contributed by atoms with van der Waals surface area (Å²) in [5.74, 6) is -0.270. The van der Waals surface area contributed by atoms with Crippen LogP contribution < -0.4 is 0 Å². The Morgan fingerprint density at radius 1 is 1.03 bits per heavy atom. The monoisotopic (exact) mass is 500 g/mol. The Kier molecular flexibility index (Phi) is 6.24. The highest BCUT2D eigenvalue weighted by molar-refractivity contribution is 5.94. The van der Waals surface area contributed by atoms with Crippen LogP contribution in [0.4, 0.5) is 0 Å². The lowest BCUT2D eigenvalue weighted by Gasteiger charge is -2.67. The average Bonchev–Trinajstić information content (AvgIpc) is 3.02. The first-order valence-corrected chi connectivity index (χ1v) is 13.8. The molecule has 4 rings (SSSR count). The van der Waals surface area contributed by atoms with Gasteiger partial charge in [0.05, 0.1) is 12.2 Å². The second-order valence-electron chi connectivity index (χ2n) is 15.1. The molecule has 0 saturated heterocycles. The SMILES string of the molecule is CC(C)(C)/C=C/[C@H](O)C(C)(C)[C@]12CC(=O)[C@]3(C)[C@@H]4C[C@H](O)C(=O)C(C)(C)C4=CC[C@@H]3[C@]1(C)C[C@@H](O)C2. The van der Waals surface area contributed by atoms with Crippen molar-refractivity contribution in [1.29, 1.82) is 0 Å². The Morgan fingerprint density at radius 2 is 1.64 bits per heavy atom. The standard InChI is InChI=1S/C31H48O5/c1-26(2,3)13-12-23(34)28(6,7)31-16-18(32)15-29(31,8)22-11-10-19-20(30(22,9)24(35)17-31)14-21(33)25(36)27(19,4)5/h10,12-13,18,20-23,32-34H,11,14-17H2,1-9H3/b13-12+/t18-,20-,21+,22-,23+,29+,30-,31+/m1/s1. The van der Waals surface area contributed by atoms with E-state index in [1.54, 1.807) is 0 Å². The molecule has 3 fully saturated rings. The third kappa shape index (κ3) is 3.51. The number of hydrogen-bond acceptors (Lipinski definition) is 5. The molecule has 0 bridgehead atoms. The average molecular weight is 501 g/mol. The van der Waals surface area contributed by atoms with Crippen molar-refractivity contribution in [2.45, 2.75) is 113 Å². The number of hydrogen-bond donors (Lipinski definition) is 3. The summed E-state index contributed by atoms with van der Waals surface area (Å²) < 4.78 is 0. The third-order valence-electron chi connectivity index (χ3n) is 11.4. The van der Waals surface area contributed by atoms with Gasteiger partial charge in [0.25, 0.3) is 0 Å². The van der Waals surface area contributed by atoms with E-state index >= 15 is 0 Å². The molecular weight excluding hydrogens is 452 g/mol. The van der Waals surface area contributed by atoms with E-state index in [0.29, 0.717) is 19.3 Å². The second-order valence-corrected chi connectivity index (χ2v) is 15.1. The summed E-state index contributed by atoms with van der Waals surface area (Å²) in [7, 11) is 0. The van der Waals surface area contributed by atoms with Crippen LogP contribution in [-0.2, 0) is 9.59 Å². The minimum absolute atomic E-state index is 0.0496. The van der Waals surface area contributed by atoms with E-state index < -0.39 is 45.4 Å². The topological polar surface area (TPSA) is 94.8 Å². The van der Waals surface area contributed by atoms with E-state index in [1.807, 2.05) is 26.0 Å². The molecule has 5 nitrogen and oxygen atoms in total. The number of carbonyl (C=O) groups is 2. The summed E-state index contributed by atoms with van der Waals surface area (Å²) in [5.41, 5.74) is -2.23. The van der Waals surface area contributed by atoms with Gasteiger partial charge in [0, 0.05) is 22.7 Å². The van der Waals surface area contributed by atoms with Crippen LogP contribution in [0.25, 0.3) is 0 Å². The summed E-state index contributed by atoms with van der Waals surface area (Å²) in [4.78, 5) is 27.3. The molecule has 8 atom stereocenters. The van der Waals surface area contributed by atoms with Gasteiger partial charge < -0.3 is 15.3 Å². The highest BCUT2D eigenvalue weighted by Crippen LogP contribution is 2.76. The summed E-state index contributed by atoms with van der Waals surface area (Å²) in [6.07, 6.45) is 6.01. The lowest BCUT2D eigenvalue weighted by Crippen LogP contribution is -2.67. The predicted molar refractivity (Wildman–Crippen MR) is 141 cm³/mol. The van der Waals surface area contributed by atoms with Crippen molar-refractivity contribution in [3.8, 4) is 0 Å². The fraction of sp³-hybridized carbons (Fsp3) is 0.806. The number of fused-ring (bicyclic) bond motifs is 5. The van der Waals surface area contributed by atoms with Crippen LogP contribution in [0.3, 0.4) is 0 Å². The quantitative estimate of drug-likeness (QED) is 0.473. The molecule has 0 amide bonds.